The van der Waals surface area contributed by atoms with Gasteiger partial charge in [-0.3, -0.25) is 4.79 Å². The summed E-state index contributed by atoms with van der Waals surface area (Å²) in [4.78, 5) is 22.4. The molecule has 0 bridgehead atoms. The van der Waals surface area contributed by atoms with Crippen LogP contribution in [0.1, 0.15) is 24.2 Å². The predicted molar refractivity (Wildman–Crippen MR) is 70.4 cm³/mol. The number of hydrogen-bond donors (Lipinski definition) is 1. The molecule has 0 heterocycles. The summed E-state index contributed by atoms with van der Waals surface area (Å²) in [5.74, 6) is -0.691. The maximum Gasteiger partial charge on any atom is 0.350 e. The summed E-state index contributed by atoms with van der Waals surface area (Å²) >= 11 is 0. The minimum Gasteiger partial charge on any atom is -0.462 e. The van der Waals surface area contributed by atoms with E-state index in [1.807, 2.05) is 0 Å². The molecule has 0 aliphatic carbocycles. The highest BCUT2D eigenvalue weighted by Crippen LogP contribution is 2.10. The third kappa shape index (κ3) is 4.28. The van der Waals surface area contributed by atoms with Crippen LogP contribution >= 0.6 is 0 Å². The topological polar surface area (TPSA) is 79.2 Å². The van der Waals surface area contributed by atoms with Crippen molar-refractivity contribution in [1.29, 1.82) is 5.26 Å². The zero-order chi connectivity index (χ0) is 14.3. The van der Waals surface area contributed by atoms with Crippen LogP contribution in [0.2, 0.25) is 0 Å². The van der Waals surface area contributed by atoms with Crippen molar-refractivity contribution in [3.8, 4) is 6.07 Å². The van der Waals surface area contributed by atoms with Crippen LogP contribution in [-0.2, 0) is 9.53 Å². The average Bonchev–Trinajstić information content (AvgIpc) is 2.40. The lowest BCUT2D eigenvalue weighted by Gasteiger charge is -2.03. The summed E-state index contributed by atoms with van der Waals surface area (Å²) < 4.78 is 4.72. The molecule has 1 aromatic rings. The smallest absolute Gasteiger partial charge is 0.350 e. The van der Waals surface area contributed by atoms with Gasteiger partial charge in [-0.2, -0.15) is 5.26 Å². The summed E-state index contributed by atoms with van der Waals surface area (Å²) in [7, 11) is 0. The van der Waals surface area contributed by atoms with Crippen molar-refractivity contribution in [2.45, 2.75) is 13.8 Å². The Balaban J connectivity index is 2.76. The van der Waals surface area contributed by atoms with Crippen LogP contribution in [0.25, 0.3) is 0 Å². The standard InChI is InChI=1S/C14H14N2O3/c1-3-19-14(18)12(8-15)9-16-13-6-4-11(5-7-13)10(2)17/h4-7,9,16H,3H2,1-2H3/b12-9+. The molecule has 0 saturated carbocycles. The Hall–Kier alpha value is -2.61. The molecule has 0 fully saturated rings. The fourth-order valence-corrected chi connectivity index (χ4v) is 1.30. The molecule has 0 aliphatic heterocycles. The van der Waals surface area contributed by atoms with E-state index in [4.69, 9.17) is 10.00 Å². The monoisotopic (exact) mass is 258 g/mol. The van der Waals surface area contributed by atoms with Crippen molar-refractivity contribution >= 4 is 17.4 Å². The Bertz CT molecular complexity index is 539. The molecule has 0 radical (unpaired) electrons. The van der Waals surface area contributed by atoms with E-state index in [1.165, 1.54) is 13.1 Å². The lowest BCUT2D eigenvalue weighted by atomic mass is 10.1. The number of benzene rings is 1. The lowest BCUT2D eigenvalue weighted by Crippen LogP contribution is -2.07. The molecule has 19 heavy (non-hydrogen) atoms. The van der Waals surface area contributed by atoms with Crippen LogP contribution in [0.15, 0.2) is 36.0 Å². The number of rotatable bonds is 5. The van der Waals surface area contributed by atoms with Gasteiger partial charge in [-0.1, -0.05) is 0 Å². The fraction of sp³-hybridized carbons (Fsp3) is 0.214. The molecule has 0 spiro atoms. The first-order valence-corrected chi connectivity index (χ1v) is 5.73. The first-order chi connectivity index (χ1) is 9.08. The fourth-order valence-electron chi connectivity index (χ4n) is 1.30. The van der Waals surface area contributed by atoms with Crippen molar-refractivity contribution in [2.24, 2.45) is 0 Å². The van der Waals surface area contributed by atoms with Gasteiger partial charge in [-0.25, -0.2) is 4.79 Å². The zero-order valence-corrected chi connectivity index (χ0v) is 10.8. The van der Waals surface area contributed by atoms with Crippen LogP contribution in [0.3, 0.4) is 0 Å². The highest BCUT2D eigenvalue weighted by molar-refractivity contribution is 5.94. The van der Waals surface area contributed by atoms with E-state index < -0.39 is 5.97 Å². The summed E-state index contributed by atoms with van der Waals surface area (Å²) in [6.45, 7) is 3.36. The second-order valence-electron chi connectivity index (χ2n) is 3.67. The van der Waals surface area contributed by atoms with Crippen LogP contribution in [0, 0.1) is 11.3 Å². The molecular weight excluding hydrogens is 244 g/mol. The Kier molecular flexibility index (Phi) is 5.30. The zero-order valence-electron chi connectivity index (χ0n) is 10.8. The maximum atomic E-state index is 11.3. The second-order valence-corrected chi connectivity index (χ2v) is 3.67. The quantitative estimate of drug-likeness (QED) is 0.379. The molecule has 5 nitrogen and oxygen atoms in total. The van der Waals surface area contributed by atoms with Crippen LogP contribution in [0.4, 0.5) is 5.69 Å². The molecule has 0 atom stereocenters. The molecule has 0 amide bonds. The Morgan fingerprint density at radius 3 is 2.47 bits per heavy atom. The SMILES string of the molecule is CCOC(=O)/C(C#N)=C/Nc1ccc(C(C)=O)cc1. The van der Waals surface area contributed by atoms with E-state index in [-0.39, 0.29) is 18.0 Å². The van der Waals surface area contributed by atoms with Crippen molar-refractivity contribution in [1.82, 2.24) is 0 Å². The largest absolute Gasteiger partial charge is 0.462 e. The summed E-state index contributed by atoms with van der Waals surface area (Å²) in [5.41, 5.74) is 1.15. The third-order valence-corrected chi connectivity index (χ3v) is 2.29. The van der Waals surface area contributed by atoms with Gasteiger partial charge in [0, 0.05) is 17.5 Å². The van der Waals surface area contributed by atoms with E-state index in [0.29, 0.717) is 11.3 Å². The third-order valence-electron chi connectivity index (χ3n) is 2.29. The normalized spacial score (nSPS) is 10.5. The number of carbonyl (C=O) groups excluding carboxylic acids is 2. The van der Waals surface area contributed by atoms with Crippen LogP contribution < -0.4 is 5.32 Å². The first-order valence-electron chi connectivity index (χ1n) is 5.73. The van der Waals surface area contributed by atoms with Crippen LogP contribution in [-0.4, -0.2) is 18.4 Å². The van der Waals surface area contributed by atoms with Gasteiger partial charge in [0.25, 0.3) is 0 Å². The van der Waals surface area contributed by atoms with Gasteiger partial charge in [0.05, 0.1) is 6.61 Å². The lowest BCUT2D eigenvalue weighted by molar-refractivity contribution is -0.138. The Labute approximate surface area is 111 Å². The predicted octanol–water partition coefficient (Wildman–Crippen LogP) is 2.27. The number of ketones is 1. The van der Waals surface area contributed by atoms with E-state index >= 15 is 0 Å². The second kappa shape index (κ2) is 6.97. The van der Waals surface area contributed by atoms with Crippen molar-refractivity contribution in [3.63, 3.8) is 0 Å². The number of anilines is 1. The van der Waals surface area contributed by atoms with E-state index in [1.54, 1.807) is 37.3 Å². The van der Waals surface area contributed by atoms with Crippen LogP contribution in [0.5, 0.6) is 0 Å². The number of nitriles is 1. The molecular formula is C14H14N2O3. The van der Waals surface area contributed by atoms with Crippen molar-refractivity contribution in [2.75, 3.05) is 11.9 Å². The van der Waals surface area contributed by atoms with Crippen molar-refractivity contribution in [3.05, 3.63) is 41.6 Å². The van der Waals surface area contributed by atoms with Gasteiger partial charge in [0.2, 0.25) is 0 Å². The average molecular weight is 258 g/mol. The summed E-state index contributed by atoms with van der Waals surface area (Å²) in [6.07, 6.45) is 1.28. The number of nitrogens with zero attached hydrogens (tertiary/aromatic N) is 1. The van der Waals surface area contributed by atoms with E-state index in [2.05, 4.69) is 5.32 Å². The molecule has 0 aromatic heterocycles. The van der Waals surface area contributed by atoms with Gasteiger partial charge < -0.3 is 10.1 Å². The molecule has 1 aromatic carbocycles. The first kappa shape index (κ1) is 14.5. The Morgan fingerprint density at radius 1 is 1.37 bits per heavy atom. The summed E-state index contributed by atoms with van der Waals surface area (Å²) in [5, 5.41) is 11.6. The van der Waals surface area contributed by atoms with E-state index in [9.17, 15) is 9.59 Å². The van der Waals surface area contributed by atoms with Gasteiger partial charge in [0.1, 0.15) is 6.07 Å². The number of nitrogens with one attached hydrogen (secondary N) is 1. The van der Waals surface area contributed by atoms with Gasteiger partial charge in [0.15, 0.2) is 11.4 Å². The highest BCUT2D eigenvalue weighted by atomic mass is 16.5. The van der Waals surface area contributed by atoms with Gasteiger partial charge in [-0.15, -0.1) is 0 Å². The number of Topliss-reactive ketones (excluding diaryl/α,β-unsaturated/α-hetero) is 1. The molecule has 5 heteroatoms. The minimum absolute atomic E-state index is 0.0219. The Morgan fingerprint density at radius 2 is 2.00 bits per heavy atom. The molecule has 0 unspecified atom stereocenters. The highest BCUT2D eigenvalue weighted by Gasteiger charge is 2.09. The van der Waals surface area contributed by atoms with E-state index in [0.717, 1.165) is 0 Å². The number of carbonyl (C=O) groups is 2. The molecule has 0 aliphatic rings. The van der Waals surface area contributed by atoms with Gasteiger partial charge in [-0.05, 0) is 38.1 Å². The number of hydrogen-bond acceptors (Lipinski definition) is 5. The number of ether oxygens (including phenoxy) is 1. The minimum atomic E-state index is -0.669. The summed E-state index contributed by atoms with van der Waals surface area (Å²) in [6, 6.07) is 8.46. The molecule has 1 rings (SSSR count). The van der Waals surface area contributed by atoms with Crippen molar-refractivity contribution < 1.29 is 14.3 Å². The maximum absolute atomic E-state index is 11.3. The molecule has 1 N–H and O–H groups in total. The number of esters is 1. The molecule has 0 saturated heterocycles. The molecule has 98 valence electrons. The van der Waals surface area contributed by atoms with Gasteiger partial charge >= 0.3 is 5.97 Å².